The lowest BCUT2D eigenvalue weighted by molar-refractivity contribution is -0.134. The minimum absolute atomic E-state index is 0.0330. The van der Waals surface area contributed by atoms with Crippen molar-refractivity contribution >= 4 is 38.3 Å². The van der Waals surface area contributed by atoms with Crippen molar-refractivity contribution in [3.63, 3.8) is 0 Å². The number of amides is 2. The van der Waals surface area contributed by atoms with E-state index in [-0.39, 0.29) is 34.2 Å². The van der Waals surface area contributed by atoms with Crippen molar-refractivity contribution in [2.45, 2.75) is 30.6 Å². The lowest BCUT2D eigenvalue weighted by Crippen LogP contribution is -2.41. The highest BCUT2D eigenvalue weighted by molar-refractivity contribution is 7.93. The molecular weight excluding hydrogens is 419 g/mol. The smallest absolute Gasteiger partial charge is 0.263 e. The lowest BCUT2D eigenvalue weighted by Gasteiger charge is -2.30. The van der Waals surface area contributed by atoms with Crippen LogP contribution in [0.1, 0.15) is 25.0 Å². The maximum absolute atomic E-state index is 13.0. The summed E-state index contributed by atoms with van der Waals surface area (Å²) in [5, 5.41) is 1.87. The molecule has 1 aliphatic rings. The number of thiazole rings is 1. The monoisotopic (exact) mass is 440 g/mol. The number of benzene rings is 1. The first-order valence-corrected chi connectivity index (χ1v) is 11.4. The first kappa shape index (κ1) is 21.2. The fraction of sp³-hybridized carbons (Fsp3) is 0.389. The molecule has 0 atom stereocenters. The Morgan fingerprint density at radius 1 is 1.24 bits per heavy atom. The first-order valence-electron chi connectivity index (χ1n) is 9.04. The Bertz CT molecular complexity index is 984. The SMILES string of the molecule is NC(=O)C1CCN(C(=O)CCc2csc(NS(=O)(=O)c3ccc(F)cc3)n2)CC1. The van der Waals surface area contributed by atoms with Crippen LogP contribution in [0.4, 0.5) is 9.52 Å². The molecule has 0 saturated carbocycles. The van der Waals surface area contributed by atoms with Gasteiger partial charge in [-0.1, -0.05) is 0 Å². The molecule has 8 nitrogen and oxygen atoms in total. The van der Waals surface area contributed by atoms with Crippen LogP contribution in [0.2, 0.25) is 0 Å². The van der Waals surface area contributed by atoms with Gasteiger partial charge in [0.15, 0.2) is 5.13 Å². The van der Waals surface area contributed by atoms with E-state index < -0.39 is 15.8 Å². The summed E-state index contributed by atoms with van der Waals surface area (Å²) in [6.07, 6.45) is 1.78. The number of likely N-dealkylation sites (tertiary alicyclic amines) is 1. The van der Waals surface area contributed by atoms with Crippen LogP contribution in [-0.4, -0.2) is 43.2 Å². The van der Waals surface area contributed by atoms with E-state index in [4.69, 9.17) is 5.73 Å². The van der Waals surface area contributed by atoms with Gasteiger partial charge in [-0.15, -0.1) is 11.3 Å². The van der Waals surface area contributed by atoms with Crippen LogP contribution >= 0.6 is 11.3 Å². The fourth-order valence-electron chi connectivity index (χ4n) is 3.06. The number of primary amides is 1. The second-order valence-electron chi connectivity index (χ2n) is 6.76. The summed E-state index contributed by atoms with van der Waals surface area (Å²) >= 11 is 1.11. The molecule has 0 radical (unpaired) electrons. The zero-order valence-corrected chi connectivity index (χ0v) is 17.1. The Labute approximate surface area is 172 Å². The number of carbonyl (C=O) groups excluding carboxylic acids is 2. The topological polar surface area (TPSA) is 122 Å². The van der Waals surface area contributed by atoms with E-state index >= 15 is 0 Å². The standard InChI is InChI=1S/C18H21FN4O4S2/c19-13-1-4-15(5-2-13)29(26,27)22-18-21-14(11-28-18)3-6-16(24)23-9-7-12(8-10-23)17(20)25/h1-2,4-5,11-12H,3,6-10H2,(H2,20,25)(H,21,22). The molecule has 2 aromatic rings. The van der Waals surface area contributed by atoms with Crippen molar-refractivity contribution in [2.75, 3.05) is 17.8 Å². The fourth-order valence-corrected chi connectivity index (χ4v) is 5.06. The van der Waals surface area contributed by atoms with Gasteiger partial charge in [-0.25, -0.2) is 17.8 Å². The normalized spacial score (nSPS) is 15.3. The van der Waals surface area contributed by atoms with Gasteiger partial charge in [0.25, 0.3) is 10.0 Å². The first-order chi connectivity index (χ1) is 13.7. The molecule has 2 heterocycles. The maximum Gasteiger partial charge on any atom is 0.263 e. The molecule has 0 aliphatic carbocycles. The van der Waals surface area contributed by atoms with Crippen LogP contribution in [0.25, 0.3) is 0 Å². The summed E-state index contributed by atoms with van der Waals surface area (Å²) in [4.78, 5) is 29.4. The second-order valence-corrected chi connectivity index (χ2v) is 9.30. The zero-order chi connectivity index (χ0) is 21.0. The van der Waals surface area contributed by atoms with Crippen molar-refractivity contribution in [1.29, 1.82) is 0 Å². The van der Waals surface area contributed by atoms with Crippen molar-refractivity contribution in [2.24, 2.45) is 11.7 Å². The quantitative estimate of drug-likeness (QED) is 0.679. The molecule has 11 heteroatoms. The van der Waals surface area contributed by atoms with Gasteiger partial charge in [-0.05, 0) is 43.5 Å². The number of nitrogens with zero attached hydrogens (tertiary/aromatic N) is 2. The Morgan fingerprint density at radius 3 is 2.52 bits per heavy atom. The number of piperidine rings is 1. The van der Waals surface area contributed by atoms with E-state index in [1.807, 2.05) is 0 Å². The van der Waals surface area contributed by atoms with Crippen LogP contribution < -0.4 is 10.5 Å². The molecule has 1 aromatic heterocycles. The molecule has 1 aliphatic heterocycles. The number of nitrogens with two attached hydrogens (primary N) is 1. The molecule has 0 spiro atoms. The number of rotatable bonds is 7. The maximum atomic E-state index is 13.0. The third-order valence-electron chi connectivity index (χ3n) is 4.74. The van der Waals surface area contributed by atoms with Crippen LogP contribution in [0.15, 0.2) is 34.5 Å². The highest BCUT2D eigenvalue weighted by Gasteiger charge is 2.25. The summed E-state index contributed by atoms with van der Waals surface area (Å²) in [5.41, 5.74) is 5.90. The van der Waals surface area contributed by atoms with Crippen molar-refractivity contribution in [1.82, 2.24) is 9.88 Å². The number of hydrogen-bond donors (Lipinski definition) is 2. The van der Waals surface area contributed by atoms with Gasteiger partial charge in [0.05, 0.1) is 10.6 Å². The van der Waals surface area contributed by atoms with E-state index in [9.17, 15) is 22.4 Å². The van der Waals surface area contributed by atoms with E-state index in [0.29, 0.717) is 38.0 Å². The number of hydrogen-bond acceptors (Lipinski definition) is 6. The summed E-state index contributed by atoms with van der Waals surface area (Å²) in [6, 6.07) is 4.48. The molecule has 0 unspecified atom stereocenters. The summed E-state index contributed by atoms with van der Waals surface area (Å²) in [5.74, 6) is -1.05. The molecule has 1 fully saturated rings. The molecule has 1 aromatic carbocycles. The zero-order valence-electron chi connectivity index (χ0n) is 15.5. The lowest BCUT2D eigenvalue weighted by atomic mass is 9.96. The number of aryl methyl sites for hydroxylation is 1. The van der Waals surface area contributed by atoms with Gasteiger partial charge in [0.2, 0.25) is 11.8 Å². The highest BCUT2D eigenvalue weighted by Crippen LogP contribution is 2.22. The largest absolute Gasteiger partial charge is 0.369 e. The molecular formula is C18H21FN4O4S2. The van der Waals surface area contributed by atoms with E-state index in [1.165, 1.54) is 12.1 Å². The molecule has 29 heavy (non-hydrogen) atoms. The van der Waals surface area contributed by atoms with Crippen LogP contribution in [-0.2, 0) is 26.0 Å². The molecule has 0 bridgehead atoms. The van der Waals surface area contributed by atoms with Crippen molar-refractivity contribution in [3.8, 4) is 0 Å². The Kier molecular flexibility index (Phi) is 6.48. The molecule has 2 amide bonds. The van der Waals surface area contributed by atoms with Gasteiger partial charge in [0.1, 0.15) is 5.82 Å². The highest BCUT2D eigenvalue weighted by atomic mass is 32.2. The summed E-state index contributed by atoms with van der Waals surface area (Å²) in [6.45, 7) is 1.01. The van der Waals surface area contributed by atoms with Crippen LogP contribution in [0.5, 0.6) is 0 Å². The third kappa shape index (κ3) is 5.51. The number of halogens is 1. The number of nitrogens with one attached hydrogen (secondary N) is 1. The average Bonchev–Trinajstić information content (AvgIpc) is 3.13. The average molecular weight is 441 g/mol. The Hall–Kier alpha value is -2.53. The molecule has 1 saturated heterocycles. The minimum atomic E-state index is -3.86. The number of anilines is 1. The predicted octanol–water partition coefficient (Wildman–Crippen LogP) is 1.74. The molecule has 156 valence electrons. The van der Waals surface area contributed by atoms with Crippen molar-refractivity contribution < 1.29 is 22.4 Å². The van der Waals surface area contributed by atoms with E-state index in [0.717, 1.165) is 23.5 Å². The predicted molar refractivity (Wildman–Crippen MR) is 106 cm³/mol. The molecule has 3 rings (SSSR count). The van der Waals surface area contributed by atoms with Gasteiger partial charge < -0.3 is 10.6 Å². The van der Waals surface area contributed by atoms with Crippen LogP contribution in [0, 0.1) is 11.7 Å². The Balaban J connectivity index is 1.52. The number of carbonyl (C=O) groups is 2. The van der Waals surface area contributed by atoms with E-state index in [1.54, 1.807) is 10.3 Å². The number of sulfonamides is 1. The van der Waals surface area contributed by atoms with Crippen LogP contribution in [0.3, 0.4) is 0 Å². The summed E-state index contributed by atoms with van der Waals surface area (Å²) < 4.78 is 39.9. The van der Waals surface area contributed by atoms with Gasteiger partial charge >= 0.3 is 0 Å². The third-order valence-corrected chi connectivity index (χ3v) is 7.03. The van der Waals surface area contributed by atoms with Gasteiger partial charge in [-0.3, -0.25) is 14.3 Å². The summed E-state index contributed by atoms with van der Waals surface area (Å²) in [7, 11) is -3.86. The number of aromatic nitrogens is 1. The Morgan fingerprint density at radius 2 is 1.90 bits per heavy atom. The minimum Gasteiger partial charge on any atom is -0.369 e. The molecule has 3 N–H and O–H groups in total. The second kappa shape index (κ2) is 8.87. The van der Waals surface area contributed by atoms with Gasteiger partial charge in [-0.2, -0.15) is 0 Å². The van der Waals surface area contributed by atoms with Gasteiger partial charge in [0, 0.05) is 30.8 Å². The van der Waals surface area contributed by atoms with Crippen molar-refractivity contribution in [3.05, 3.63) is 41.2 Å². The van der Waals surface area contributed by atoms with E-state index in [2.05, 4.69) is 9.71 Å².